The Morgan fingerprint density at radius 2 is 1.75 bits per heavy atom. The Hall–Kier alpha value is -2.69. The summed E-state index contributed by atoms with van der Waals surface area (Å²) in [6, 6.07) is 12.2. The van der Waals surface area contributed by atoms with Crippen LogP contribution in [-0.4, -0.2) is 29.8 Å². The number of hydrogen-bond acceptors (Lipinski definition) is 4. The summed E-state index contributed by atoms with van der Waals surface area (Å²) in [6.45, 7) is 0.624. The van der Waals surface area contributed by atoms with Crippen LogP contribution in [-0.2, 0) is 17.6 Å². The lowest BCUT2D eigenvalue weighted by molar-refractivity contribution is -0.121. The number of methoxy groups -OCH3 is 1. The summed E-state index contributed by atoms with van der Waals surface area (Å²) < 4.78 is 5.06. The standard InChI is InChI=1S/C19H23NO4/c1-24-18-13-15(6-10-17(18)22)7-11-19(23)20-12-2-3-14-4-8-16(21)9-5-14/h4-6,8-10,13,21-22H,2-3,7,11-12H2,1H3,(H,20,23). The third-order valence-electron chi connectivity index (χ3n) is 3.79. The number of nitrogens with one attached hydrogen (secondary N) is 1. The predicted molar refractivity (Wildman–Crippen MR) is 92.4 cm³/mol. The van der Waals surface area contributed by atoms with E-state index in [1.165, 1.54) is 7.11 Å². The van der Waals surface area contributed by atoms with Gasteiger partial charge in [0.05, 0.1) is 7.11 Å². The number of carbonyl (C=O) groups is 1. The molecular formula is C19H23NO4. The molecule has 24 heavy (non-hydrogen) atoms. The SMILES string of the molecule is COc1cc(CCC(=O)NCCCc2ccc(O)cc2)ccc1O. The lowest BCUT2D eigenvalue weighted by Gasteiger charge is -2.08. The van der Waals surface area contributed by atoms with Gasteiger partial charge in [-0.2, -0.15) is 0 Å². The van der Waals surface area contributed by atoms with Crippen molar-refractivity contribution in [1.82, 2.24) is 5.32 Å². The van der Waals surface area contributed by atoms with E-state index in [2.05, 4.69) is 5.32 Å². The molecule has 0 heterocycles. The van der Waals surface area contributed by atoms with Crippen molar-refractivity contribution in [2.45, 2.75) is 25.7 Å². The van der Waals surface area contributed by atoms with Crippen LogP contribution in [0.3, 0.4) is 0 Å². The average Bonchev–Trinajstić information content (AvgIpc) is 2.59. The first-order chi connectivity index (χ1) is 11.6. The van der Waals surface area contributed by atoms with Gasteiger partial charge >= 0.3 is 0 Å². The second kappa shape index (κ2) is 8.82. The molecule has 0 atom stereocenters. The molecule has 0 fully saturated rings. The Morgan fingerprint density at radius 1 is 1.04 bits per heavy atom. The van der Waals surface area contributed by atoms with Crippen LogP contribution in [0.2, 0.25) is 0 Å². The highest BCUT2D eigenvalue weighted by Crippen LogP contribution is 2.26. The molecule has 0 unspecified atom stereocenters. The van der Waals surface area contributed by atoms with E-state index in [-0.39, 0.29) is 17.4 Å². The average molecular weight is 329 g/mol. The van der Waals surface area contributed by atoms with Crippen LogP contribution >= 0.6 is 0 Å². The fourth-order valence-electron chi connectivity index (χ4n) is 2.41. The Bertz CT molecular complexity index is 668. The van der Waals surface area contributed by atoms with Gasteiger partial charge in [0.1, 0.15) is 5.75 Å². The molecule has 2 aromatic carbocycles. The van der Waals surface area contributed by atoms with Gasteiger partial charge in [-0.15, -0.1) is 0 Å². The molecule has 1 amide bonds. The zero-order valence-corrected chi connectivity index (χ0v) is 13.8. The Labute approximate surface area is 141 Å². The maximum atomic E-state index is 11.9. The summed E-state index contributed by atoms with van der Waals surface area (Å²) in [5.74, 6) is 0.785. The van der Waals surface area contributed by atoms with Crippen molar-refractivity contribution >= 4 is 5.91 Å². The van der Waals surface area contributed by atoms with E-state index in [0.717, 1.165) is 24.0 Å². The van der Waals surface area contributed by atoms with Gasteiger partial charge in [0.2, 0.25) is 5.91 Å². The van der Waals surface area contributed by atoms with E-state index in [9.17, 15) is 15.0 Å². The van der Waals surface area contributed by atoms with Gasteiger partial charge in [0, 0.05) is 13.0 Å². The maximum absolute atomic E-state index is 11.9. The van der Waals surface area contributed by atoms with Gasteiger partial charge in [-0.1, -0.05) is 18.2 Å². The fourth-order valence-corrected chi connectivity index (χ4v) is 2.41. The predicted octanol–water partition coefficient (Wildman–Crippen LogP) is 2.79. The van der Waals surface area contributed by atoms with Crippen LogP contribution in [0.1, 0.15) is 24.0 Å². The number of phenolic OH excluding ortho intramolecular Hbond substituents is 2. The first kappa shape index (κ1) is 17.7. The summed E-state index contributed by atoms with van der Waals surface area (Å²) in [7, 11) is 1.50. The normalized spacial score (nSPS) is 10.4. The van der Waals surface area contributed by atoms with Gasteiger partial charge in [-0.05, 0) is 54.7 Å². The van der Waals surface area contributed by atoms with Crippen molar-refractivity contribution in [3.63, 3.8) is 0 Å². The molecule has 0 aromatic heterocycles. The summed E-state index contributed by atoms with van der Waals surface area (Å²) in [5, 5.41) is 21.7. The summed E-state index contributed by atoms with van der Waals surface area (Å²) >= 11 is 0. The van der Waals surface area contributed by atoms with E-state index < -0.39 is 0 Å². The highest BCUT2D eigenvalue weighted by molar-refractivity contribution is 5.76. The van der Waals surface area contributed by atoms with Gasteiger partial charge in [0.15, 0.2) is 11.5 Å². The van der Waals surface area contributed by atoms with Crippen LogP contribution < -0.4 is 10.1 Å². The molecule has 0 spiro atoms. The minimum absolute atomic E-state index is 0.00717. The molecule has 0 radical (unpaired) electrons. The second-order valence-corrected chi connectivity index (χ2v) is 5.63. The molecule has 128 valence electrons. The number of rotatable bonds is 8. The number of hydrogen-bond donors (Lipinski definition) is 3. The quantitative estimate of drug-likeness (QED) is 0.651. The van der Waals surface area contributed by atoms with Gasteiger partial charge in [-0.3, -0.25) is 4.79 Å². The minimum atomic E-state index is 0.00717. The van der Waals surface area contributed by atoms with E-state index in [0.29, 0.717) is 25.1 Å². The van der Waals surface area contributed by atoms with Gasteiger partial charge < -0.3 is 20.3 Å². The zero-order valence-electron chi connectivity index (χ0n) is 13.8. The summed E-state index contributed by atoms with van der Waals surface area (Å²) in [4.78, 5) is 11.9. The Morgan fingerprint density at radius 3 is 2.46 bits per heavy atom. The molecule has 0 saturated carbocycles. The second-order valence-electron chi connectivity index (χ2n) is 5.63. The largest absolute Gasteiger partial charge is 0.508 e. The van der Waals surface area contributed by atoms with Crippen LogP contribution in [0.15, 0.2) is 42.5 Å². The number of phenols is 2. The molecule has 2 aromatic rings. The summed E-state index contributed by atoms with van der Waals surface area (Å²) in [6.07, 6.45) is 2.70. The lowest BCUT2D eigenvalue weighted by atomic mass is 10.1. The number of amides is 1. The molecule has 0 aliphatic carbocycles. The molecular weight excluding hydrogens is 306 g/mol. The number of benzene rings is 2. The lowest BCUT2D eigenvalue weighted by Crippen LogP contribution is -2.24. The van der Waals surface area contributed by atoms with Gasteiger partial charge in [-0.25, -0.2) is 0 Å². The smallest absolute Gasteiger partial charge is 0.220 e. The van der Waals surface area contributed by atoms with Crippen LogP contribution in [0, 0.1) is 0 Å². The van der Waals surface area contributed by atoms with Crippen molar-refractivity contribution < 1.29 is 19.7 Å². The van der Waals surface area contributed by atoms with E-state index in [1.807, 2.05) is 12.1 Å². The third kappa shape index (κ3) is 5.50. The molecule has 0 bridgehead atoms. The van der Waals surface area contributed by atoms with Crippen LogP contribution in [0.5, 0.6) is 17.2 Å². The molecule has 5 heteroatoms. The van der Waals surface area contributed by atoms with Crippen molar-refractivity contribution in [3.8, 4) is 17.2 Å². The van der Waals surface area contributed by atoms with E-state index in [4.69, 9.17) is 4.74 Å². The van der Waals surface area contributed by atoms with E-state index in [1.54, 1.807) is 30.3 Å². The van der Waals surface area contributed by atoms with Crippen molar-refractivity contribution in [1.29, 1.82) is 0 Å². The van der Waals surface area contributed by atoms with E-state index >= 15 is 0 Å². The molecule has 0 saturated heterocycles. The molecule has 3 N–H and O–H groups in total. The number of carbonyl (C=O) groups excluding carboxylic acids is 1. The monoisotopic (exact) mass is 329 g/mol. The molecule has 0 aliphatic heterocycles. The highest BCUT2D eigenvalue weighted by atomic mass is 16.5. The number of aromatic hydroxyl groups is 2. The Balaban J connectivity index is 1.67. The fraction of sp³-hybridized carbons (Fsp3) is 0.316. The third-order valence-corrected chi connectivity index (χ3v) is 3.79. The first-order valence-corrected chi connectivity index (χ1v) is 7.99. The molecule has 0 aliphatic rings. The van der Waals surface area contributed by atoms with Crippen molar-refractivity contribution in [3.05, 3.63) is 53.6 Å². The molecule has 2 rings (SSSR count). The Kier molecular flexibility index (Phi) is 6.49. The number of ether oxygens (including phenoxy) is 1. The van der Waals surface area contributed by atoms with Crippen LogP contribution in [0.25, 0.3) is 0 Å². The highest BCUT2D eigenvalue weighted by Gasteiger charge is 2.06. The zero-order chi connectivity index (χ0) is 17.4. The molecule has 5 nitrogen and oxygen atoms in total. The first-order valence-electron chi connectivity index (χ1n) is 7.99. The van der Waals surface area contributed by atoms with Crippen molar-refractivity contribution in [2.24, 2.45) is 0 Å². The summed E-state index contributed by atoms with van der Waals surface area (Å²) in [5.41, 5.74) is 2.09. The van der Waals surface area contributed by atoms with Crippen molar-refractivity contribution in [2.75, 3.05) is 13.7 Å². The number of aryl methyl sites for hydroxylation is 2. The minimum Gasteiger partial charge on any atom is -0.508 e. The van der Waals surface area contributed by atoms with Gasteiger partial charge in [0.25, 0.3) is 0 Å². The maximum Gasteiger partial charge on any atom is 0.220 e. The topological polar surface area (TPSA) is 78.8 Å². The van der Waals surface area contributed by atoms with Crippen LogP contribution in [0.4, 0.5) is 0 Å².